The van der Waals surface area contributed by atoms with Crippen LogP contribution < -0.4 is 10.5 Å². The maximum Gasteiger partial charge on any atom is 0.252 e. The number of nitrogens with two attached hydrogens (primary N) is 1. The van der Waals surface area contributed by atoms with E-state index in [9.17, 15) is 13.2 Å². The highest BCUT2D eigenvalue weighted by atomic mass is 32.2. The van der Waals surface area contributed by atoms with E-state index in [1.807, 2.05) is 6.07 Å². The lowest BCUT2D eigenvalue weighted by Gasteiger charge is -2.34. The minimum atomic E-state index is -3.81. The molecule has 140 valence electrons. The van der Waals surface area contributed by atoms with E-state index in [-0.39, 0.29) is 22.3 Å². The van der Waals surface area contributed by atoms with E-state index in [1.165, 1.54) is 29.6 Å². The number of nitrogens with zero attached hydrogens (tertiary/aromatic N) is 3. The first kappa shape index (κ1) is 18.4. The van der Waals surface area contributed by atoms with Crippen molar-refractivity contribution in [1.82, 2.24) is 14.1 Å². The number of amides is 1. The molecule has 1 aliphatic rings. The van der Waals surface area contributed by atoms with E-state index in [0.717, 1.165) is 25.0 Å². The Bertz CT molecular complexity index is 923. The van der Waals surface area contributed by atoms with E-state index in [4.69, 9.17) is 10.5 Å². The highest BCUT2D eigenvalue weighted by Gasteiger charge is 2.36. The molecule has 0 aliphatic carbocycles. The number of hydrogen-bond donors (Lipinski definition) is 1. The molecule has 1 unspecified atom stereocenters. The standard InChI is InChI=1S/C17H22N4O4S/c1-20-14(8-9-19-20)15-5-3-4-10-21(15)26(23,24)12-6-7-16(25-2)13(11-12)17(18)22/h6-9,11,15H,3-5,10H2,1-2H3,(H2,18,22). The number of hydrogen-bond acceptors (Lipinski definition) is 5. The summed E-state index contributed by atoms with van der Waals surface area (Å²) in [6.45, 7) is 0.413. The Kier molecular flexibility index (Phi) is 5.01. The molecule has 1 saturated heterocycles. The summed E-state index contributed by atoms with van der Waals surface area (Å²) in [6.07, 6.45) is 4.11. The van der Waals surface area contributed by atoms with Gasteiger partial charge in [-0.05, 0) is 37.1 Å². The molecule has 0 spiro atoms. The third kappa shape index (κ3) is 3.19. The van der Waals surface area contributed by atoms with E-state index < -0.39 is 15.9 Å². The molecule has 1 fully saturated rings. The molecule has 3 rings (SSSR count). The third-order valence-corrected chi connectivity index (χ3v) is 6.60. The summed E-state index contributed by atoms with van der Waals surface area (Å²) in [5.74, 6) is -0.487. The highest BCUT2D eigenvalue weighted by Crippen LogP contribution is 2.36. The molecule has 1 aromatic heterocycles. The number of methoxy groups -OCH3 is 1. The van der Waals surface area contributed by atoms with Gasteiger partial charge < -0.3 is 10.5 Å². The summed E-state index contributed by atoms with van der Waals surface area (Å²) in [4.78, 5) is 11.7. The number of ether oxygens (including phenoxy) is 1. The monoisotopic (exact) mass is 378 g/mol. The fourth-order valence-corrected chi connectivity index (χ4v) is 5.07. The van der Waals surface area contributed by atoms with Gasteiger partial charge in [0.2, 0.25) is 10.0 Å². The van der Waals surface area contributed by atoms with Crippen molar-refractivity contribution in [2.45, 2.75) is 30.2 Å². The summed E-state index contributed by atoms with van der Waals surface area (Å²) in [5.41, 5.74) is 6.25. The SMILES string of the molecule is COc1ccc(S(=O)(=O)N2CCCCC2c2ccnn2C)cc1C(N)=O. The predicted octanol–water partition coefficient (Wildman–Crippen LogP) is 1.44. The largest absolute Gasteiger partial charge is 0.496 e. The Hall–Kier alpha value is -2.39. The summed E-state index contributed by atoms with van der Waals surface area (Å²) >= 11 is 0. The topological polar surface area (TPSA) is 108 Å². The molecule has 1 aromatic carbocycles. The normalized spacial score (nSPS) is 18.6. The van der Waals surface area contributed by atoms with E-state index in [1.54, 1.807) is 17.9 Å². The molecule has 0 radical (unpaired) electrons. The number of rotatable bonds is 5. The number of piperidine rings is 1. The van der Waals surface area contributed by atoms with Gasteiger partial charge in [-0.15, -0.1) is 0 Å². The van der Waals surface area contributed by atoms with Gasteiger partial charge in [0, 0.05) is 19.8 Å². The molecule has 0 saturated carbocycles. The van der Waals surface area contributed by atoms with E-state index in [2.05, 4.69) is 5.10 Å². The number of benzene rings is 1. The first-order valence-electron chi connectivity index (χ1n) is 8.34. The second-order valence-corrected chi connectivity index (χ2v) is 8.12. The zero-order valence-electron chi connectivity index (χ0n) is 14.8. The first-order valence-corrected chi connectivity index (χ1v) is 9.78. The van der Waals surface area contributed by atoms with Crippen molar-refractivity contribution in [2.75, 3.05) is 13.7 Å². The lowest BCUT2D eigenvalue weighted by molar-refractivity contribution is 0.0997. The minimum absolute atomic E-state index is 0.0289. The van der Waals surface area contributed by atoms with Crippen LogP contribution in [-0.2, 0) is 17.1 Å². The van der Waals surface area contributed by atoms with Crippen LogP contribution in [0.1, 0.15) is 41.4 Å². The van der Waals surface area contributed by atoms with Gasteiger partial charge in [0.1, 0.15) is 5.75 Å². The van der Waals surface area contributed by atoms with Gasteiger partial charge in [0.15, 0.2) is 0 Å². The Balaban J connectivity index is 2.04. The van der Waals surface area contributed by atoms with Gasteiger partial charge in [-0.2, -0.15) is 9.40 Å². The molecule has 2 heterocycles. The van der Waals surface area contributed by atoms with E-state index >= 15 is 0 Å². The number of carbonyl (C=O) groups excluding carboxylic acids is 1. The predicted molar refractivity (Wildman–Crippen MR) is 95.2 cm³/mol. The van der Waals surface area contributed by atoms with Crippen molar-refractivity contribution in [3.05, 3.63) is 41.7 Å². The number of aryl methyl sites for hydroxylation is 1. The van der Waals surface area contributed by atoms with Crippen LogP contribution in [0.2, 0.25) is 0 Å². The maximum atomic E-state index is 13.3. The zero-order chi connectivity index (χ0) is 18.9. The summed E-state index contributed by atoms with van der Waals surface area (Å²) in [6, 6.07) is 5.72. The van der Waals surface area contributed by atoms with Crippen molar-refractivity contribution < 1.29 is 17.9 Å². The summed E-state index contributed by atoms with van der Waals surface area (Å²) < 4.78 is 34.8. The number of sulfonamides is 1. The van der Waals surface area contributed by atoms with Gasteiger partial charge in [-0.1, -0.05) is 6.42 Å². The van der Waals surface area contributed by atoms with Crippen LogP contribution in [0.15, 0.2) is 35.4 Å². The van der Waals surface area contributed by atoms with Crippen molar-refractivity contribution in [2.24, 2.45) is 12.8 Å². The second kappa shape index (κ2) is 7.08. The maximum absolute atomic E-state index is 13.3. The smallest absolute Gasteiger partial charge is 0.252 e. The molecule has 9 heteroatoms. The van der Waals surface area contributed by atoms with Crippen molar-refractivity contribution in [3.63, 3.8) is 0 Å². The lowest BCUT2D eigenvalue weighted by Crippen LogP contribution is -2.39. The Morgan fingerprint density at radius 1 is 1.31 bits per heavy atom. The average Bonchev–Trinajstić information content (AvgIpc) is 3.06. The fourth-order valence-electron chi connectivity index (χ4n) is 3.37. The average molecular weight is 378 g/mol. The van der Waals surface area contributed by atoms with Crippen molar-refractivity contribution >= 4 is 15.9 Å². The zero-order valence-corrected chi connectivity index (χ0v) is 15.6. The number of carbonyl (C=O) groups is 1. The molecule has 8 nitrogen and oxygen atoms in total. The number of aromatic nitrogens is 2. The van der Waals surface area contributed by atoms with Gasteiger partial charge in [-0.3, -0.25) is 9.48 Å². The molecule has 1 atom stereocenters. The molecule has 2 N–H and O–H groups in total. The molecule has 2 aromatic rings. The molecule has 0 bridgehead atoms. The quantitative estimate of drug-likeness (QED) is 0.847. The van der Waals surface area contributed by atoms with Crippen LogP contribution in [0.25, 0.3) is 0 Å². The molecular formula is C17H22N4O4S. The van der Waals surface area contributed by atoms with Crippen molar-refractivity contribution in [1.29, 1.82) is 0 Å². The minimum Gasteiger partial charge on any atom is -0.496 e. The third-order valence-electron chi connectivity index (χ3n) is 4.70. The number of primary amides is 1. The summed E-state index contributed by atoms with van der Waals surface area (Å²) in [5, 5.41) is 4.16. The molecule has 26 heavy (non-hydrogen) atoms. The first-order chi connectivity index (χ1) is 12.4. The van der Waals surface area contributed by atoms with Crippen LogP contribution >= 0.6 is 0 Å². The van der Waals surface area contributed by atoms with Gasteiger partial charge >= 0.3 is 0 Å². The fraction of sp³-hybridized carbons (Fsp3) is 0.412. The van der Waals surface area contributed by atoms with Crippen LogP contribution in [0.3, 0.4) is 0 Å². The Morgan fingerprint density at radius 3 is 2.69 bits per heavy atom. The molecular weight excluding hydrogens is 356 g/mol. The van der Waals surface area contributed by atoms with Crippen molar-refractivity contribution in [3.8, 4) is 5.75 Å². The van der Waals surface area contributed by atoms with Crippen LogP contribution in [0, 0.1) is 0 Å². The van der Waals surface area contributed by atoms with Crippen LogP contribution in [0.4, 0.5) is 0 Å². The van der Waals surface area contributed by atoms with Gasteiger partial charge in [0.25, 0.3) is 5.91 Å². The highest BCUT2D eigenvalue weighted by molar-refractivity contribution is 7.89. The molecule has 1 aliphatic heterocycles. The summed E-state index contributed by atoms with van der Waals surface area (Å²) in [7, 11) is -0.605. The lowest BCUT2D eigenvalue weighted by atomic mass is 10.0. The second-order valence-electron chi connectivity index (χ2n) is 6.23. The Morgan fingerprint density at radius 2 is 2.08 bits per heavy atom. The molecule has 1 amide bonds. The van der Waals surface area contributed by atoms with Crippen LogP contribution in [0.5, 0.6) is 5.75 Å². The van der Waals surface area contributed by atoms with Gasteiger partial charge in [0.05, 0.1) is 29.3 Å². The van der Waals surface area contributed by atoms with Gasteiger partial charge in [-0.25, -0.2) is 8.42 Å². The Labute approximate surface area is 152 Å². The van der Waals surface area contributed by atoms with Crippen LogP contribution in [-0.4, -0.2) is 42.1 Å². The van der Waals surface area contributed by atoms with E-state index in [0.29, 0.717) is 6.54 Å².